The third kappa shape index (κ3) is 4.05. The maximum atomic E-state index is 8.61. The molecule has 1 fully saturated rings. The highest BCUT2D eigenvalue weighted by molar-refractivity contribution is 5.82. The molecule has 1 aliphatic rings. The van der Waals surface area contributed by atoms with Crippen LogP contribution in [0.25, 0.3) is 0 Å². The van der Waals surface area contributed by atoms with E-state index in [4.69, 9.17) is 15.7 Å². The number of amidine groups is 1. The molecule has 0 radical (unpaired) electrons. The zero-order valence-corrected chi connectivity index (χ0v) is 9.35. The first-order chi connectivity index (χ1) is 7.27. The summed E-state index contributed by atoms with van der Waals surface area (Å²) < 4.78 is 5.01. The van der Waals surface area contributed by atoms with Crippen LogP contribution in [0.5, 0.6) is 0 Å². The van der Waals surface area contributed by atoms with Crippen LogP contribution in [0.15, 0.2) is 5.16 Å². The van der Waals surface area contributed by atoms with Crippen LogP contribution in [0, 0.1) is 5.92 Å². The van der Waals surface area contributed by atoms with Crippen molar-refractivity contribution < 1.29 is 9.94 Å². The van der Waals surface area contributed by atoms with E-state index < -0.39 is 0 Å². The fraction of sp³-hybridized carbons (Fsp3) is 0.900. The van der Waals surface area contributed by atoms with Crippen molar-refractivity contribution in [2.75, 3.05) is 33.4 Å². The lowest BCUT2D eigenvalue weighted by atomic mass is 9.97. The number of nitrogens with two attached hydrogens (primary N) is 1. The fourth-order valence-electron chi connectivity index (χ4n) is 2.01. The molecular formula is C10H21N3O2. The summed E-state index contributed by atoms with van der Waals surface area (Å²) in [5.41, 5.74) is 5.61. The quantitative estimate of drug-likeness (QED) is 0.230. The molecule has 1 aliphatic heterocycles. The smallest absolute Gasteiger partial charge is 0.143 e. The molecule has 0 saturated carbocycles. The number of ether oxygens (including phenoxy) is 1. The number of hydrogen-bond acceptors (Lipinski definition) is 4. The van der Waals surface area contributed by atoms with E-state index in [1.807, 2.05) is 0 Å². The Bertz CT molecular complexity index is 209. The van der Waals surface area contributed by atoms with E-state index >= 15 is 0 Å². The van der Waals surface area contributed by atoms with Gasteiger partial charge in [0.1, 0.15) is 5.84 Å². The van der Waals surface area contributed by atoms with Crippen LogP contribution in [0.1, 0.15) is 19.3 Å². The molecule has 0 spiro atoms. The van der Waals surface area contributed by atoms with Crippen LogP contribution in [0.4, 0.5) is 0 Å². The molecule has 0 amide bonds. The van der Waals surface area contributed by atoms with Crippen LogP contribution in [-0.2, 0) is 4.74 Å². The molecule has 15 heavy (non-hydrogen) atoms. The van der Waals surface area contributed by atoms with Crippen molar-refractivity contribution in [3.63, 3.8) is 0 Å². The summed E-state index contributed by atoms with van der Waals surface area (Å²) in [6.07, 6.45) is 3.18. The van der Waals surface area contributed by atoms with Crippen molar-refractivity contribution in [1.29, 1.82) is 0 Å². The zero-order chi connectivity index (χ0) is 11.1. The molecule has 1 saturated heterocycles. The topological polar surface area (TPSA) is 71.1 Å². The van der Waals surface area contributed by atoms with Crippen molar-refractivity contribution in [2.24, 2.45) is 16.8 Å². The third-order valence-electron chi connectivity index (χ3n) is 2.86. The summed E-state index contributed by atoms with van der Waals surface area (Å²) in [7, 11) is 1.72. The molecule has 5 heteroatoms. The highest BCUT2D eigenvalue weighted by Crippen LogP contribution is 2.16. The molecule has 0 aromatic carbocycles. The zero-order valence-electron chi connectivity index (χ0n) is 9.35. The van der Waals surface area contributed by atoms with Crippen LogP contribution in [0.3, 0.4) is 0 Å². The first-order valence-electron chi connectivity index (χ1n) is 5.46. The summed E-state index contributed by atoms with van der Waals surface area (Å²) in [6, 6.07) is 0. The van der Waals surface area contributed by atoms with Gasteiger partial charge in [-0.1, -0.05) is 5.16 Å². The number of likely N-dealkylation sites (tertiary alicyclic amines) is 1. The highest BCUT2D eigenvalue weighted by Gasteiger charge is 2.22. The Balaban J connectivity index is 2.29. The van der Waals surface area contributed by atoms with E-state index in [-0.39, 0.29) is 5.92 Å². The van der Waals surface area contributed by atoms with Gasteiger partial charge in [0, 0.05) is 32.7 Å². The largest absolute Gasteiger partial charge is 0.409 e. The van der Waals surface area contributed by atoms with E-state index in [0.29, 0.717) is 5.84 Å². The minimum atomic E-state index is 0.214. The first kappa shape index (κ1) is 12.3. The van der Waals surface area contributed by atoms with Gasteiger partial charge in [-0.05, 0) is 25.8 Å². The number of piperidine rings is 1. The first-order valence-corrected chi connectivity index (χ1v) is 5.46. The lowest BCUT2D eigenvalue weighted by Crippen LogP contribution is -2.41. The predicted octanol–water partition coefficient (Wildman–Crippen LogP) is 0.481. The summed E-state index contributed by atoms with van der Waals surface area (Å²) in [4.78, 5) is 2.35. The number of methoxy groups -OCH3 is 1. The van der Waals surface area contributed by atoms with Gasteiger partial charge in [-0.15, -0.1) is 0 Å². The Labute approximate surface area is 90.9 Å². The maximum absolute atomic E-state index is 8.61. The molecule has 0 aromatic heterocycles. The molecule has 1 heterocycles. The summed E-state index contributed by atoms with van der Waals surface area (Å²) in [5.74, 6) is 0.581. The van der Waals surface area contributed by atoms with E-state index in [9.17, 15) is 0 Å². The lowest BCUT2D eigenvalue weighted by Gasteiger charge is -2.31. The predicted molar refractivity (Wildman–Crippen MR) is 59.1 cm³/mol. The molecule has 1 unspecified atom stereocenters. The molecule has 0 aromatic rings. The van der Waals surface area contributed by atoms with Gasteiger partial charge < -0.3 is 20.6 Å². The Morgan fingerprint density at radius 1 is 1.67 bits per heavy atom. The molecule has 3 N–H and O–H groups in total. The molecule has 1 atom stereocenters. The van der Waals surface area contributed by atoms with Gasteiger partial charge in [0.15, 0.2) is 0 Å². The molecule has 0 aliphatic carbocycles. The second-order valence-electron chi connectivity index (χ2n) is 4.01. The van der Waals surface area contributed by atoms with Gasteiger partial charge in [-0.3, -0.25) is 0 Å². The minimum Gasteiger partial charge on any atom is -0.409 e. The fourth-order valence-corrected chi connectivity index (χ4v) is 2.01. The van der Waals surface area contributed by atoms with Gasteiger partial charge >= 0.3 is 0 Å². The maximum Gasteiger partial charge on any atom is 0.143 e. The van der Waals surface area contributed by atoms with Crippen molar-refractivity contribution in [2.45, 2.75) is 19.3 Å². The van der Waals surface area contributed by atoms with Gasteiger partial charge in [-0.25, -0.2) is 0 Å². The lowest BCUT2D eigenvalue weighted by molar-refractivity contribution is 0.153. The second-order valence-corrected chi connectivity index (χ2v) is 4.01. The van der Waals surface area contributed by atoms with Crippen molar-refractivity contribution in [1.82, 2.24) is 4.90 Å². The van der Waals surface area contributed by atoms with Crippen molar-refractivity contribution in [3.05, 3.63) is 0 Å². The molecular weight excluding hydrogens is 194 g/mol. The third-order valence-corrected chi connectivity index (χ3v) is 2.86. The van der Waals surface area contributed by atoms with Gasteiger partial charge in [-0.2, -0.15) is 0 Å². The highest BCUT2D eigenvalue weighted by atomic mass is 16.5. The van der Waals surface area contributed by atoms with E-state index in [1.54, 1.807) is 7.11 Å². The summed E-state index contributed by atoms with van der Waals surface area (Å²) >= 11 is 0. The van der Waals surface area contributed by atoms with Gasteiger partial charge in [0.05, 0.1) is 0 Å². The number of nitrogens with zero attached hydrogens (tertiary/aromatic N) is 2. The van der Waals surface area contributed by atoms with Crippen LogP contribution in [-0.4, -0.2) is 49.3 Å². The Morgan fingerprint density at radius 2 is 2.47 bits per heavy atom. The number of oxime groups is 1. The van der Waals surface area contributed by atoms with Crippen molar-refractivity contribution >= 4 is 5.84 Å². The van der Waals surface area contributed by atoms with E-state index in [2.05, 4.69) is 10.1 Å². The molecule has 88 valence electrons. The molecule has 1 rings (SSSR count). The van der Waals surface area contributed by atoms with Gasteiger partial charge in [0.25, 0.3) is 0 Å². The minimum absolute atomic E-state index is 0.214. The van der Waals surface area contributed by atoms with Gasteiger partial charge in [0.2, 0.25) is 0 Å². The van der Waals surface area contributed by atoms with E-state index in [0.717, 1.165) is 45.5 Å². The Kier molecular flexibility index (Phi) is 5.42. The Hall–Kier alpha value is -0.810. The molecule has 0 bridgehead atoms. The van der Waals surface area contributed by atoms with E-state index in [1.165, 1.54) is 0 Å². The Morgan fingerprint density at radius 3 is 3.13 bits per heavy atom. The standard InChI is InChI=1S/C10H21N3O2/c1-15-7-3-6-13-5-2-4-9(8-13)10(11)12-14/h9,14H,2-8H2,1H3,(H2,11,12). The molecule has 5 nitrogen and oxygen atoms in total. The van der Waals surface area contributed by atoms with Crippen LogP contribution < -0.4 is 5.73 Å². The second kappa shape index (κ2) is 6.63. The average molecular weight is 215 g/mol. The number of rotatable bonds is 5. The number of hydrogen-bond donors (Lipinski definition) is 2. The van der Waals surface area contributed by atoms with Crippen LogP contribution >= 0.6 is 0 Å². The SMILES string of the molecule is COCCCN1CCCC(C(N)=NO)C1. The normalized spacial score (nSPS) is 24.3. The average Bonchev–Trinajstić information content (AvgIpc) is 2.29. The summed E-state index contributed by atoms with van der Waals surface area (Å²) in [5, 5.41) is 11.7. The summed E-state index contributed by atoms with van der Waals surface area (Å²) in [6.45, 7) is 3.84. The van der Waals surface area contributed by atoms with Crippen molar-refractivity contribution in [3.8, 4) is 0 Å². The van der Waals surface area contributed by atoms with Crippen LogP contribution in [0.2, 0.25) is 0 Å². The monoisotopic (exact) mass is 215 g/mol.